The molecule has 0 bridgehead atoms. The Kier molecular flexibility index (Phi) is 2.92. The van der Waals surface area contributed by atoms with E-state index in [9.17, 15) is 18.0 Å². The van der Waals surface area contributed by atoms with Crippen molar-refractivity contribution in [1.82, 2.24) is 0 Å². The molecule has 1 rings (SSSR count). The van der Waals surface area contributed by atoms with Crippen LogP contribution in [0.1, 0.15) is 5.56 Å². The number of hydrogen-bond acceptors (Lipinski definition) is 3. The minimum atomic E-state index is -4.91. The van der Waals surface area contributed by atoms with E-state index in [1.807, 2.05) is 0 Å². The molecule has 0 aliphatic heterocycles. The summed E-state index contributed by atoms with van der Waals surface area (Å²) in [6, 6.07) is 1.59. The highest BCUT2D eigenvalue weighted by atomic mass is 32.1. The number of alkyl halides is 3. The van der Waals surface area contributed by atoms with Gasteiger partial charge >= 0.3 is 12.1 Å². The van der Waals surface area contributed by atoms with Gasteiger partial charge in [-0.2, -0.15) is 24.5 Å². The number of carbonyl (C=O) groups excluding carboxylic acids is 1. The Labute approximate surface area is 75.9 Å². The maximum Gasteiger partial charge on any atom is 0.490 e. The van der Waals surface area contributed by atoms with Gasteiger partial charge in [-0.1, -0.05) is 0 Å². The van der Waals surface area contributed by atoms with Crippen LogP contribution in [0.15, 0.2) is 16.8 Å². The van der Waals surface area contributed by atoms with Crippen molar-refractivity contribution in [3.05, 3.63) is 22.4 Å². The van der Waals surface area contributed by atoms with E-state index < -0.39 is 12.1 Å². The summed E-state index contributed by atoms with van der Waals surface area (Å²) < 4.78 is 38.8. The van der Waals surface area contributed by atoms with Gasteiger partial charge < -0.3 is 4.74 Å². The Bertz CT molecular complexity index is 278. The van der Waals surface area contributed by atoms with E-state index >= 15 is 0 Å². The smallest absolute Gasteiger partial charge is 0.454 e. The fraction of sp³-hybridized carbons (Fsp3) is 0.286. The topological polar surface area (TPSA) is 26.3 Å². The Morgan fingerprint density at radius 3 is 2.69 bits per heavy atom. The summed E-state index contributed by atoms with van der Waals surface area (Å²) >= 11 is 1.33. The first-order valence-electron chi connectivity index (χ1n) is 3.25. The minimum absolute atomic E-state index is 0.332. The molecule has 0 aliphatic carbocycles. The molecule has 13 heavy (non-hydrogen) atoms. The van der Waals surface area contributed by atoms with Crippen LogP contribution in [0.25, 0.3) is 0 Å². The van der Waals surface area contributed by atoms with E-state index in [0.717, 1.165) is 0 Å². The summed E-state index contributed by atoms with van der Waals surface area (Å²) in [5, 5.41) is 3.31. The van der Waals surface area contributed by atoms with Gasteiger partial charge in [0.2, 0.25) is 0 Å². The number of rotatable bonds is 2. The average Bonchev–Trinajstić information content (AvgIpc) is 2.50. The van der Waals surface area contributed by atoms with Gasteiger partial charge in [0.25, 0.3) is 0 Å². The van der Waals surface area contributed by atoms with E-state index in [0.29, 0.717) is 5.56 Å². The maximum absolute atomic E-state index is 11.6. The molecule has 6 heteroatoms. The largest absolute Gasteiger partial charge is 0.490 e. The lowest BCUT2D eigenvalue weighted by Gasteiger charge is -2.05. The summed E-state index contributed by atoms with van der Waals surface area (Å²) in [5.74, 6) is -2.15. The van der Waals surface area contributed by atoms with E-state index in [1.54, 1.807) is 16.8 Å². The Morgan fingerprint density at radius 2 is 2.23 bits per heavy atom. The second-order valence-corrected chi connectivity index (χ2v) is 2.99. The van der Waals surface area contributed by atoms with Gasteiger partial charge in [-0.15, -0.1) is 0 Å². The monoisotopic (exact) mass is 210 g/mol. The van der Waals surface area contributed by atoms with Gasteiger partial charge in [0.1, 0.15) is 6.61 Å². The number of ether oxygens (including phenoxy) is 1. The van der Waals surface area contributed by atoms with E-state index in [1.165, 1.54) is 11.3 Å². The molecule has 0 N–H and O–H groups in total. The normalized spacial score (nSPS) is 11.3. The van der Waals surface area contributed by atoms with Crippen LogP contribution in [0.3, 0.4) is 0 Å². The minimum Gasteiger partial charge on any atom is -0.454 e. The molecule has 1 aromatic heterocycles. The molecule has 0 aromatic carbocycles. The van der Waals surface area contributed by atoms with Gasteiger partial charge in [0.15, 0.2) is 0 Å². The fourth-order valence-electron chi connectivity index (χ4n) is 0.605. The molecule has 0 radical (unpaired) electrons. The molecular weight excluding hydrogens is 205 g/mol. The van der Waals surface area contributed by atoms with Crippen LogP contribution in [-0.4, -0.2) is 12.1 Å². The molecular formula is C7H5F3O2S. The molecule has 1 aromatic rings. The average molecular weight is 210 g/mol. The third-order valence-corrected chi connectivity index (χ3v) is 1.91. The standard InChI is InChI=1S/C7H5F3O2S/c8-7(9,10)6(11)12-3-5-1-2-13-4-5/h1-2,4H,3H2. The van der Waals surface area contributed by atoms with Gasteiger partial charge in [-0.05, 0) is 16.8 Å². The van der Waals surface area contributed by atoms with E-state index in [2.05, 4.69) is 4.74 Å². The first-order chi connectivity index (χ1) is 6.00. The van der Waals surface area contributed by atoms with Gasteiger partial charge in [-0.25, -0.2) is 4.79 Å². The van der Waals surface area contributed by atoms with Crippen LogP contribution in [0.5, 0.6) is 0 Å². The summed E-state index contributed by atoms with van der Waals surface area (Å²) in [5.41, 5.74) is 0.558. The van der Waals surface area contributed by atoms with Gasteiger partial charge in [-0.3, -0.25) is 0 Å². The van der Waals surface area contributed by atoms with Crippen molar-refractivity contribution < 1.29 is 22.7 Å². The van der Waals surface area contributed by atoms with Crippen molar-refractivity contribution in [2.24, 2.45) is 0 Å². The highest BCUT2D eigenvalue weighted by Gasteiger charge is 2.40. The molecule has 2 nitrogen and oxygen atoms in total. The van der Waals surface area contributed by atoms with Crippen molar-refractivity contribution in [3.8, 4) is 0 Å². The number of carbonyl (C=O) groups is 1. The van der Waals surface area contributed by atoms with Crippen LogP contribution in [0.2, 0.25) is 0 Å². The molecule has 0 aliphatic rings. The zero-order valence-electron chi connectivity index (χ0n) is 6.30. The van der Waals surface area contributed by atoms with Gasteiger partial charge in [0.05, 0.1) is 0 Å². The quantitative estimate of drug-likeness (QED) is 0.700. The fourth-order valence-corrected chi connectivity index (χ4v) is 1.26. The lowest BCUT2D eigenvalue weighted by atomic mass is 10.4. The van der Waals surface area contributed by atoms with Crippen molar-refractivity contribution in [2.45, 2.75) is 12.8 Å². The molecule has 0 unspecified atom stereocenters. The zero-order valence-corrected chi connectivity index (χ0v) is 7.11. The maximum atomic E-state index is 11.6. The summed E-state index contributed by atoms with van der Waals surface area (Å²) in [7, 11) is 0. The predicted octanol–water partition coefficient (Wildman–Crippen LogP) is 2.35. The number of hydrogen-bond donors (Lipinski definition) is 0. The van der Waals surface area contributed by atoms with Crippen LogP contribution in [-0.2, 0) is 16.1 Å². The van der Waals surface area contributed by atoms with Crippen LogP contribution in [0.4, 0.5) is 13.2 Å². The van der Waals surface area contributed by atoms with Crippen molar-refractivity contribution >= 4 is 17.3 Å². The summed E-state index contributed by atoms with van der Waals surface area (Å²) in [6.45, 7) is -0.332. The zero-order chi connectivity index (χ0) is 9.90. The lowest BCUT2D eigenvalue weighted by Crippen LogP contribution is -2.25. The number of esters is 1. The SMILES string of the molecule is O=C(OCc1ccsc1)C(F)(F)F. The number of halogens is 3. The van der Waals surface area contributed by atoms with Crippen molar-refractivity contribution in [3.63, 3.8) is 0 Å². The Hall–Kier alpha value is -1.04. The highest BCUT2D eigenvalue weighted by Crippen LogP contribution is 2.17. The second kappa shape index (κ2) is 3.78. The third-order valence-electron chi connectivity index (χ3n) is 1.18. The molecule has 0 saturated heterocycles. The van der Waals surface area contributed by atoms with Crippen LogP contribution < -0.4 is 0 Å². The molecule has 1 heterocycles. The van der Waals surface area contributed by atoms with E-state index in [-0.39, 0.29) is 6.61 Å². The van der Waals surface area contributed by atoms with Crippen molar-refractivity contribution in [2.75, 3.05) is 0 Å². The summed E-state index contributed by atoms with van der Waals surface area (Å²) in [6.07, 6.45) is -4.91. The molecule has 0 fully saturated rings. The van der Waals surface area contributed by atoms with Crippen LogP contribution in [0, 0.1) is 0 Å². The first kappa shape index (κ1) is 10.0. The Morgan fingerprint density at radius 1 is 1.54 bits per heavy atom. The predicted molar refractivity (Wildman–Crippen MR) is 40.2 cm³/mol. The molecule has 0 spiro atoms. The summed E-state index contributed by atoms with van der Waals surface area (Å²) in [4.78, 5) is 10.2. The molecule has 0 saturated carbocycles. The second-order valence-electron chi connectivity index (χ2n) is 2.21. The first-order valence-corrected chi connectivity index (χ1v) is 4.19. The van der Waals surface area contributed by atoms with Crippen molar-refractivity contribution in [1.29, 1.82) is 0 Å². The number of thiophene rings is 1. The van der Waals surface area contributed by atoms with E-state index in [4.69, 9.17) is 0 Å². The lowest BCUT2D eigenvalue weighted by molar-refractivity contribution is -0.201. The molecule has 0 atom stereocenters. The molecule has 0 amide bonds. The molecule has 72 valence electrons. The Balaban J connectivity index is 2.40. The highest BCUT2D eigenvalue weighted by molar-refractivity contribution is 7.07. The third kappa shape index (κ3) is 3.06. The van der Waals surface area contributed by atoms with Crippen LogP contribution >= 0.6 is 11.3 Å². The van der Waals surface area contributed by atoms with Gasteiger partial charge in [0, 0.05) is 5.56 Å².